The Kier molecular flexibility index (Phi) is 2.07. The first kappa shape index (κ1) is 9.51. The number of carbonyl (C=O) groups is 2. The third-order valence-corrected chi connectivity index (χ3v) is 2.31. The van der Waals surface area contributed by atoms with E-state index in [1.807, 2.05) is 0 Å². The molecule has 0 unspecified atom stereocenters. The van der Waals surface area contributed by atoms with Crippen molar-refractivity contribution >= 4 is 23.3 Å². The molecule has 1 amide bonds. The molecule has 0 aromatic heterocycles. The maximum Gasteiger partial charge on any atom is 0.335 e. The second-order valence-corrected chi connectivity index (χ2v) is 3.44. The summed E-state index contributed by atoms with van der Waals surface area (Å²) >= 11 is 0. The molecular formula is C10H10N2O3. The summed E-state index contributed by atoms with van der Waals surface area (Å²) in [5.74, 6) is -1.13. The number of benzene rings is 1. The second-order valence-electron chi connectivity index (χ2n) is 3.44. The molecule has 2 rings (SSSR count). The summed E-state index contributed by atoms with van der Waals surface area (Å²) in [5.41, 5.74) is 1.55. The highest BCUT2D eigenvalue weighted by atomic mass is 16.4. The van der Waals surface area contributed by atoms with E-state index in [1.54, 1.807) is 18.0 Å². The molecule has 1 heterocycles. The standard InChI is InChI=1S/C10H10N2O3/c1-12-5-9(13)11-7-4-6(10(14)15)2-3-8(7)12/h2-4H,5H2,1H3,(H,11,13)(H,14,15). The number of nitrogens with one attached hydrogen (secondary N) is 1. The first-order valence-electron chi connectivity index (χ1n) is 4.46. The molecule has 2 N–H and O–H groups in total. The first-order chi connectivity index (χ1) is 7.08. The molecule has 1 aromatic carbocycles. The maximum atomic E-state index is 11.2. The molecule has 0 atom stereocenters. The highest BCUT2D eigenvalue weighted by molar-refractivity contribution is 6.02. The van der Waals surface area contributed by atoms with E-state index in [1.165, 1.54) is 12.1 Å². The lowest BCUT2D eigenvalue weighted by Crippen LogP contribution is -2.35. The van der Waals surface area contributed by atoms with Crippen LogP contribution in [0.4, 0.5) is 11.4 Å². The Hall–Kier alpha value is -2.04. The maximum absolute atomic E-state index is 11.2. The third kappa shape index (κ3) is 1.63. The van der Waals surface area contributed by atoms with E-state index in [2.05, 4.69) is 5.32 Å². The van der Waals surface area contributed by atoms with E-state index in [0.29, 0.717) is 12.2 Å². The van der Waals surface area contributed by atoms with Crippen LogP contribution in [-0.4, -0.2) is 30.6 Å². The summed E-state index contributed by atoms with van der Waals surface area (Å²) in [6.45, 7) is 0.291. The van der Waals surface area contributed by atoms with Gasteiger partial charge in [0.05, 0.1) is 23.5 Å². The van der Waals surface area contributed by atoms with Crippen LogP contribution >= 0.6 is 0 Å². The molecule has 1 aliphatic rings. The fourth-order valence-electron chi connectivity index (χ4n) is 1.59. The molecular weight excluding hydrogens is 196 g/mol. The van der Waals surface area contributed by atoms with Crippen LogP contribution in [0, 0.1) is 0 Å². The lowest BCUT2D eigenvalue weighted by molar-refractivity contribution is -0.115. The van der Waals surface area contributed by atoms with Gasteiger partial charge in [0.2, 0.25) is 5.91 Å². The van der Waals surface area contributed by atoms with Gasteiger partial charge >= 0.3 is 5.97 Å². The summed E-state index contributed by atoms with van der Waals surface area (Å²) in [5, 5.41) is 11.4. The number of carboxylic acids is 1. The molecule has 5 nitrogen and oxygen atoms in total. The molecule has 0 saturated carbocycles. The molecule has 0 saturated heterocycles. The summed E-state index contributed by atoms with van der Waals surface area (Å²) < 4.78 is 0. The molecule has 1 aliphatic heterocycles. The second kappa shape index (κ2) is 3.27. The molecule has 0 bridgehead atoms. The number of aromatic carboxylic acids is 1. The number of hydrogen-bond donors (Lipinski definition) is 2. The minimum absolute atomic E-state index is 0.132. The van der Waals surface area contributed by atoms with Gasteiger partial charge in [-0.05, 0) is 18.2 Å². The zero-order chi connectivity index (χ0) is 11.0. The van der Waals surface area contributed by atoms with E-state index >= 15 is 0 Å². The van der Waals surface area contributed by atoms with Crippen molar-refractivity contribution in [3.05, 3.63) is 23.8 Å². The van der Waals surface area contributed by atoms with E-state index in [9.17, 15) is 9.59 Å². The number of carbonyl (C=O) groups excluding carboxylic acids is 1. The van der Waals surface area contributed by atoms with Crippen molar-refractivity contribution in [1.82, 2.24) is 0 Å². The zero-order valence-electron chi connectivity index (χ0n) is 8.15. The summed E-state index contributed by atoms with van der Waals surface area (Å²) in [4.78, 5) is 23.7. The normalized spacial score (nSPS) is 14.5. The van der Waals surface area contributed by atoms with Gasteiger partial charge in [-0.15, -0.1) is 0 Å². The summed E-state index contributed by atoms with van der Waals surface area (Å²) in [6, 6.07) is 4.68. The van der Waals surface area contributed by atoms with Gasteiger partial charge in [0.25, 0.3) is 0 Å². The van der Waals surface area contributed by atoms with E-state index < -0.39 is 5.97 Å². The fourth-order valence-corrected chi connectivity index (χ4v) is 1.59. The average Bonchev–Trinajstić information content (AvgIpc) is 2.16. The van der Waals surface area contributed by atoms with Crippen LogP contribution in [0.15, 0.2) is 18.2 Å². The Morgan fingerprint density at radius 3 is 2.93 bits per heavy atom. The topological polar surface area (TPSA) is 69.6 Å². The van der Waals surface area contributed by atoms with E-state index in [-0.39, 0.29) is 11.5 Å². The van der Waals surface area contributed by atoms with Crippen LogP contribution in [0.3, 0.4) is 0 Å². The Bertz CT molecular complexity index is 442. The van der Waals surface area contributed by atoms with Crippen LogP contribution in [-0.2, 0) is 4.79 Å². The number of anilines is 2. The van der Waals surface area contributed by atoms with E-state index in [0.717, 1.165) is 5.69 Å². The zero-order valence-corrected chi connectivity index (χ0v) is 8.15. The summed E-state index contributed by atoms with van der Waals surface area (Å²) in [7, 11) is 1.79. The van der Waals surface area contributed by atoms with Gasteiger partial charge in [-0.3, -0.25) is 4.79 Å². The number of hydrogen-bond acceptors (Lipinski definition) is 3. The fraction of sp³-hybridized carbons (Fsp3) is 0.200. The van der Waals surface area contributed by atoms with Gasteiger partial charge < -0.3 is 15.3 Å². The van der Waals surface area contributed by atoms with Crippen molar-refractivity contribution in [3.63, 3.8) is 0 Å². The monoisotopic (exact) mass is 206 g/mol. The Morgan fingerprint density at radius 2 is 2.27 bits per heavy atom. The van der Waals surface area contributed by atoms with Crippen molar-refractivity contribution in [1.29, 1.82) is 0 Å². The minimum Gasteiger partial charge on any atom is -0.478 e. The Balaban J connectivity index is 2.47. The first-order valence-corrected chi connectivity index (χ1v) is 4.46. The number of carboxylic acid groups (broad SMARTS) is 1. The molecule has 15 heavy (non-hydrogen) atoms. The van der Waals surface area contributed by atoms with Gasteiger partial charge in [0.15, 0.2) is 0 Å². The van der Waals surface area contributed by atoms with Crippen LogP contribution in [0.25, 0.3) is 0 Å². The lowest BCUT2D eigenvalue weighted by Gasteiger charge is -2.27. The number of rotatable bonds is 1. The quantitative estimate of drug-likeness (QED) is 0.712. The lowest BCUT2D eigenvalue weighted by atomic mass is 10.1. The van der Waals surface area contributed by atoms with Crippen molar-refractivity contribution in [3.8, 4) is 0 Å². The predicted octanol–water partition coefficient (Wildman–Crippen LogP) is 0.773. The molecule has 0 spiro atoms. The molecule has 5 heteroatoms. The van der Waals surface area contributed by atoms with Crippen LogP contribution in [0.1, 0.15) is 10.4 Å². The highest BCUT2D eigenvalue weighted by Gasteiger charge is 2.19. The van der Waals surface area contributed by atoms with Crippen molar-refractivity contribution in [2.45, 2.75) is 0 Å². The third-order valence-electron chi connectivity index (χ3n) is 2.31. The average molecular weight is 206 g/mol. The van der Waals surface area contributed by atoms with Crippen molar-refractivity contribution in [2.24, 2.45) is 0 Å². The van der Waals surface area contributed by atoms with Crippen molar-refractivity contribution < 1.29 is 14.7 Å². The Morgan fingerprint density at radius 1 is 1.53 bits per heavy atom. The number of nitrogens with zero attached hydrogens (tertiary/aromatic N) is 1. The largest absolute Gasteiger partial charge is 0.478 e. The van der Waals surface area contributed by atoms with Crippen LogP contribution in [0.5, 0.6) is 0 Å². The molecule has 0 fully saturated rings. The number of fused-ring (bicyclic) bond motifs is 1. The number of likely N-dealkylation sites (N-methyl/N-ethyl adjacent to an activating group) is 1. The minimum atomic E-state index is -1.000. The predicted molar refractivity (Wildman–Crippen MR) is 55.3 cm³/mol. The molecule has 0 aliphatic carbocycles. The molecule has 1 aromatic rings. The molecule has 0 radical (unpaired) electrons. The number of amides is 1. The van der Waals surface area contributed by atoms with Gasteiger partial charge in [0.1, 0.15) is 0 Å². The van der Waals surface area contributed by atoms with Crippen molar-refractivity contribution in [2.75, 3.05) is 23.8 Å². The Labute approximate surface area is 86.3 Å². The van der Waals surface area contributed by atoms with Crippen LogP contribution in [0.2, 0.25) is 0 Å². The van der Waals surface area contributed by atoms with Gasteiger partial charge in [-0.2, -0.15) is 0 Å². The van der Waals surface area contributed by atoms with Gasteiger partial charge in [-0.1, -0.05) is 0 Å². The van der Waals surface area contributed by atoms with Crippen LogP contribution < -0.4 is 10.2 Å². The van der Waals surface area contributed by atoms with Gasteiger partial charge in [-0.25, -0.2) is 4.79 Å². The smallest absolute Gasteiger partial charge is 0.335 e. The summed E-state index contributed by atoms with van der Waals surface area (Å²) in [6.07, 6.45) is 0. The molecule has 78 valence electrons. The van der Waals surface area contributed by atoms with Gasteiger partial charge in [0, 0.05) is 7.05 Å². The highest BCUT2D eigenvalue weighted by Crippen LogP contribution is 2.29. The SMILES string of the molecule is CN1CC(=O)Nc2cc(C(=O)O)ccc21. The van der Waals surface area contributed by atoms with E-state index in [4.69, 9.17) is 5.11 Å².